The number of aliphatic hydroxyl groups is 1. The predicted molar refractivity (Wildman–Crippen MR) is 92.6 cm³/mol. The Morgan fingerprint density at radius 1 is 1.17 bits per heavy atom. The summed E-state index contributed by atoms with van der Waals surface area (Å²) in [5, 5.41) is 12.8. The van der Waals surface area contributed by atoms with Gasteiger partial charge in [-0.2, -0.15) is 0 Å². The molecule has 0 saturated carbocycles. The second-order valence-electron chi connectivity index (χ2n) is 6.04. The Hall–Kier alpha value is -1.98. The van der Waals surface area contributed by atoms with Crippen molar-refractivity contribution in [2.24, 2.45) is 0 Å². The standard InChI is InChI=1S/C18H24N4O/c1-19-8-5-14-3-2-4-15(11-14)16-12-20-18(21-13-16)22-9-6-17(23)7-10-22/h2-4,11-13,17,19,23H,5-10H2,1H3. The lowest BCUT2D eigenvalue weighted by Gasteiger charge is -2.29. The molecule has 1 aliphatic rings. The Balaban J connectivity index is 1.72. The third kappa shape index (κ3) is 4.06. The van der Waals surface area contributed by atoms with Crippen LogP contribution in [0.5, 0.6) is 0 Å². The quantitative estimate of drug-likeness (QED) is 0.882. The summed E-state index contributed by atoms with van der Waals surface area (Å²) >= 11 is 0. The molecule has 122 valence electrons. The van der Waals surface area contributed by atoms with Gasteiger partial charge < -0.3 is 15.3 Å². The molecule has 5 nitrogen and oxygen atoms in total. The molecule has 5 heteroatoms. The third-order valence-corrected chi connectivity index (χ3v) is 4.31. The number of benzene rings is 1. The zero-order valence-corrected chi connectivity index (χ0v) is 13.6. The van der Waals surface area contributed by atoms with Crippen molar-refractivity contribution in [3.8, 4) is 11.1 Å². The highest BCUT2D eigenvalue weighted by Crippen LogP contribution is 2.22. The van der Waals surface area contributed by atoms with Crippen molar-refractivity contribution in [1.29, 1.82) is 0 Å². The first-order chi connectivity index (χ1) is 11.3. The van der Waals surface area contributed by atoms with Crippen molar-refractivity contribution in [1.82, 2.24) is 15.3 Å². The van der Waals surface area contributed by atoms with Gasteiger partial charge in [0.05, 0.1) is 6.10 Å². The van der Waals surface area contributed by atoms with Crippen molar-refractivity contribution in [3.63, 3.8) is 0 Å². The summed E-state index contributed by atoms with van der Waals surface area (Å²) in [6.07, 6.45) is 6.21. The molecule has 0 aliphatic carbocycles. The van der Waals surface area contributed by atoms with Crippen LogP contribution >= 0.6 is 0 Å². The summed E-state index contributed by atoms with van der Waals surface area (Å²) in [6, 6.07) is 8.53. The first-order valence-electron chi connectivity index (χ1n) is 8.25. The zero-order chi connectivity index (χ0) is 16.1. The average Bonchev–Trinajstić information content (AvgIpc) is 2.61. The molecule has 0 bridgehead atoms. The van der Waals surface area contributed by atoms with E-state index in [1.165, 1.54) is 5.56 Å². The van der Waals surface area contributed by atoms with Crippen LogP contribution in [0.2, 0.25) is 0 Å². The van der Waals surface area contributed by atoms with E-state index in [9.17, 15) is 5.11 Å². The van der Waals surface area contributed by atoms with E-state index in [2.05, 4.69) is 44.5 Å². The van der Waals surface area contributed by atoms with Gasteiger partial charge in [-0.05, 0) is 44.0 Å². The van der Waals surface area contributed by atoms with Crippen LogP contribution in [0, 0.1) is 0 Å². The topological polar surface area (TPSA) is 61.3 Å². The zero-order valence-electron chi connectivity index (χ0n) is 13.6. The highest BCUT2D eigenvalue weighted by Gasteiger charge is 2.18. The second-order valence-corrected chi connectivity index (χ2v) is 6.04. The molecule has 1 aromatic heterocycles. The number of hydrogen-bond acceptors (Lipinski definition) is 5. The van der Waals surface area contributed by atoms with E-state index >= 15 is 0 Å². The largest absolute Gasteiger partial charge is 0.393 e. The summed E-state index contributed by atoms with van der Waals surface area (Å²) in [7, 11) is 1.97. The van der Waals surface area contributed by atoms with Gasteiger partial charge in [-0.25, -0.2) is 9.97 Å². The van der Waals surface area contributed by atoms with Crippen molar-refractivity contribution >= 4 is 5.95 Å². The van der Waals surface area contributed by atoms with E-state index in [4.69, 9.17) is 0 Å². The summed E-state index contributed by atoms with van der Waals surface area (Å²) in [5.74, 6) is 0.756. The molecule has 23 heavy (non-hydrogen) atoms. The molecule has 0 atom stereocenters. The second kappa shape index (κ2) is 7.53. The van der Waals surface area contributed by atoms with Crippen LogP contribution in [0.4, 0.5) is 5.95 Å². The molecule has 0 unspecified atom stereocenters. The van der Waals surface area contributed by atoms with E-state index in [1.54, 1.807) is 0 Å². The number of hydrogen-bond donors (Lipinski definition) is 2. The van der Waals surface area contributed by atoms with Crippen LogP contribution in [-0.2, 0) is 6.42 Å². The summed E-state index contributed by atoms with van der Waals surface area (Å²) in [6.45, 7) is 2.61. The number of piperidine rings is 1. The highest BCUT2D eigenvalue weighted by atomic mass is 16.3. The van der Waals surface area contributed by atoms with Gasteiger partial charge in [0.2, 0.25) is 5.95 Å². The Morgan fingerprint density at radius 2 is 1.91 bits per heavy atom. The molecular weight excluding hydrogens is 288 g/mol. The van der Waals surface area contributed by atoms with E-state index in [0.29, 0.717) is 0 Å². The van der Waals surface area contributed by atoms with Crippen LogP contribution in [0.25, 0.3) is 11.1 Å². The lowest BCUT2D eigenvalue weighted by Crippen LogP contribution is -2.36. The number of aliphatic hydroxyl groups excluding tert-OH is 1. The number of rotatable bonds is 5. The molecule has 1 aliphatic heterocycles. The predicted octanol–water partition coefficient (Wildman–Crippen LogP) is 1.87. The minimum atomic E-state index is -0.175. The lowest BCUT2D eigenvalue weighted by atomic mass is 10.0. The van der Waals surface area contributed by atoms with Gasteiger partial charge in [0.15, 0.2) is 0 Å². The molecule has 2 heterocycles. The third-order valence-electron chi connectivity index (χ3n) is 4.31. The van der Waals surface area contributed by atoms with E-state index < -0.39 is 0 Å². The fourth-order valence-electron chi connectivity index (χ4n) is 2.88. The van der Waals surface area contributed by atoms with Gasteiger partial charge in [-0.1, -0.05) is 24.3 Å². The first kappa shape index (κ1) is 15.9. The van der Waals surface area contributed by atoms with Crippen molar-refractivity contribution < 1.29 is 5.11 Å². The van der Waals surface area contributed by atoms with Gasteiger partial charge in [0, 0.05) is 31.0 Å². The Labute approximate surface area is 137 Å². The normalized spacial score (nSPS) is 15.8. The van der Waals surface area contributed by atoms with Crippen molar-refractivity contribution in [3.05, 3.63) is 42.2 Å². The summed E-state index contributed by atoms with van der Waals surface area (Å²) < 4.78 is 0. The molecule has 0 amide bonds. The maximum absolute atomic E-state index is 9.58. The van der Waals surface area contributed by atoms with Crippen molar-refractivity contribution in [2.45, 2.75) is 25.4 Å². The molecular formula is C18H24N4O. The minimum absolute atomic E-state index is 0.175. The molecule has 1 aromatic carbocycles. The number of likely N-dealkylation sites (N-methyl/N-ethyl adjacent to an activating group) is 1. The molecule has 2 N–H and O–H groups in total. The number of nitrogens with zero attached hydrogens (tertiary/aromatic N) is 3. The van der Waals surface area contributed by atoms with E-state index in [0.717, 1.165) is 56.0 Å². The first-order valence-corrected chi connectivity index (χ1v) is 8.25. The smallest absolute Gasteiger partial charge is 0.225 e. The number of anilines is 1. The van der Waals surface area contributed by atoms with Crippen LogP contribution in [0.3, 0.4) is 0 Å². The molecule has 1 fully saturated rings. The Kier molecular flexibility index (Phi) is 5.20. The SMILES string of the molecule is CNCCc1cccc(-c2cnc(N3CCC(O)CC3)nc2)c1. The molecule has 3 rings (SSSR count). The minimum Gasteiger partial charge on any atom is -0.393 e. The van der Waals surface area contributed by atoms with Crippen LogP contribution in [0.1, 0.15) is 18.4 Å². The van der Waals surface area contributed by atoms with Gasteiger partial charge in [0.25, 0.3) is 0 Å². The van der Waals surface area contributed by atoms with E-state index in [1.807, 2.05) is 19.4 Å². The van der Waals surface area contributed by atoms with Gasteiger partial charge >= 0.3 is 0 Å². The monoisotopic (exact) mass is 312 g/mol. The fourth-order valence-corrected chi connectivity index (χ4v) is 2.88. The van der Waals surface area contributed by atoms with Gasteiger partial charge in [-0.15, -0.1) is 0 Å². The van der Waals surface area contributed by atoms with Crippen LogP contribution in [0.15, 0.2) is 36.7 Å². The lowest BCUT2D eigenvalue weighted by molar-refractivity contribution is 0.145. The maximum atomic E-state index is 9.58. The Morgan fingerprint density at radius 3 is 2.61 bits per heavy atom. The number of nitrogens with one attached hydrogen (secondary N) is 1. The molecule has 0 spiro atoms. The average molecular weight is 312 g/mol. The van der Waals surface area contributed by atoms with Crippen LogP contribution < -0.4 is 10.2 Å². The van der Waals surface area contributed by atoms with Crippen molar-refractivity contribution in [2.75, 3.05) is 31.6 Å². The fraction of sp³-hybridized carbons (Fsp3) is 0.444. The van der Waals surface area contributed by atoms with Crippen LogP contribution in [-0.4, -0.2) is 47.9 Å². The van der Waals surface area contributed by atoms with Gasteiger partial charge in [-0.3, -0.25) is 0 Å². The molecule has 0 radical (unpaired) electrons. The highest BCUT2D eigenvalue weighted by molar-refractivity contribution is 5.63. The molecule has 1 saturated heterocycles. The Bertz CT molecular complexity index is 621. The summed E-state index contributed by atoms with van der Waals surface area (Å²) in [4.78, 5) is 11.2. The number of aromatic nitrogens is 2. The molecule has 2 aromatic rings. The summed E-state index contributed by atoms with van der Waals surface area (Å²) in [5.41, 5.74) is 3.50. The maximum Gasteiger partial charge on any atom is 0.225 e. The van der Waals surface area contributed by atoms with Gasteiger partial charge in [0.1, 0.15) is 0 Å². The van der Waals surface area contributed by atoms with E-state index in [-0.39, 0.29) is 6.10 Å².